The molecule has 0 aliphatic carbocycles. The normalized spacial score (nSPS) is 22.3. The van der Waals surface area contributed by atoms with Gasteiger partial charge in [-0.2, -0.15) is 4.98 Å². The van der Waals surface area contributed by atoms with E-state index < -0.39 is 17.0 Å². The van der Waals surface area contributed by atoms with E-state index in [2.05, 4.69) is 15.5 Å². The van der Waals surface area contributed by atoms with E-state index in [1.807, 2.05) is 20.8 Å². The van der Waals surface area contributed by atoms with Gasteiger partial charge in [0.25, 0.3) is 5.91 Å². The molecule has 1 aliphatic rings. The summed E-state index contributed by atoms with van der Waals surface area (Å²) in [7, 11) is 1.58. The van der Waals surface area contributed by atoms with Crippen LogP contribution in [0.15, 0.2) is 4.52 Å². The lowest BCUT2D eigenvalue weighted by Gasteiger charge is -2.35. The smallest absolute Gasteiger partial charge is 0.325 e. The second-order valence-electron chi connectivity index (χ2n) is 6.54. The van der Waals surface area contributed by atoms with E-state index in [9.17, 15) is 9.59 Å². The highest BCUT2D eigenvalue weighted by Gasteiger charge is 2.54. The van der Waals surface area contributed by atoms with Gasteiger partial charge < -0.3 is 14.6 Å². The van der Waals surface area contributed by atoms with Gasteiger partial charge in [-0.1, -0.05) is 25.9 Å². The lowest BCUT2D eigenvalue weighted by molar-refractivity contribution is -0.134. The second-order valence-corrected chi connectivity index (χ2v) is 6.54. The third kappa shape index (κ3) is 2.83. The van der Waals surface area contributed by atoms with Crippen LogP contribution in [0.1, 0.15) is 39.4 Å². The predicted octanol–water partition coefficient (Wildman–Crippen LogP) is 1.12. The number of imide groups is 1. The summed E-state index contributed by atoms with van der Waals surface area (Å²) in [6.07, 6.45) is 0.514. The predicted molar refractivity (Wildman–Crippen MR) is 76.8 cm³/mol. The van der Waals surface area contributed by atoms with Crippen molar-refractivity contribution in [2.75, 3.05) is 13.7 Å². The zero-order chi connectivity index (χ0) is 16.5. The van der Waals surface area contributed by atoms with Crippen molar-refractivity contribution in [3.05, 3.63) is 11.7 Å². The van der Waals surface area contributed by atoms with Gasteiger partial charge >= 0.3 is 6.03 Å². The first-order valence-corrected chi connectivity index (χ1v) is 7.13. The summed E-state index contributed by atoms with van der Waals surface area (Å²) in [4.78, 5) is 30.0. The number of carbonyl (C=O) groups is 2. The molecule has 1 aromatic rings. The van der Waals surface area contributed by atoms with Crippen molar-refractivity contribution in [3.63, 3.8) is 0 Å². The number of hydrogen-bond donors (Lipinski definition) is 1. The molecular formula is C14H22N4O4. The minimum absolute atomic E-state index is 0.0314. The van der Waals surface area contributed by atoms with E-state index in [-0.39, 0.29) is 18.3 Å². The number of nitrogens with zero attached hydrogens (tertiary/aromatic N) is 3. The molecule has 1 aliphatic heterocycles. The Labute approximate surface area is 129 Å². The lowest BCUT2D eigenvalue weighted by atomic mass is 9.75. The molecule has 1 unspecified atom stereocenters. The number of methoxy groups -OCH3 is 1. The Morgan fingerprint density at radius 3 is 2.59 bits per heavy atom. The molecule has 8 heteroatoms. The largest absolute Gasteiger partial charge is 0.384 e. The number of ether oxygens (including phenoxy) is 1. The third-order valence-electron chi connectivity index (χ3n) is 4.11. The summed E-state index contributed by atoms with van der Waals surface area (Å²) in [5.74, 6) is 0.428. The molecule has 3 amide bonds. The number of rotatable bonds is 5. The zero-order valence-corrected chi connectivity index (χ0v) is 13.6. The molecule has 22 heavy (non-hydrogen) atoms. The van der Waals surface area contributed by atoms with Crippen molar-refractivity contribution in [1.82, 2.24) is 20.4 Å². The molecule has 0 saturated carbocycles. The SMILES string of the molecule is COCCc1noc(CN2C(=O)NC(C)(C(C)(C)C)C2=O)n1. The fourth-order valence-electron chi connectivity index (χ4n) is 2.13. The van der Waals surface area contributed by atoms with Crippen LogP contribution in [-0.2, 0) is 22.5 Å². The van der Waals surface area contributed by atoms with Crippen molar-refractivity contribution < 1.29 is 18.8 Å². The number of aromatic nitrogens is 2. The molecule has 0 aromatic carbocycles. The van der Waals surface area contributed by atoms with Gasteiger partial charge in [0.2, 0.25) is 5.89 Å². The van der Waals surface area contributed by atoms with E-state index in [1.54, 1.807) is 14.0 Å². The van der Waals surface area contributed by atoms with E-state index in [0.29, 0.717) is 18.9 Å². The van der Waals surface area contributed by atoms with Crippen LogP contribution in [-0.4, -0.2) is 46.2 Å². The Kier molecular flexibility index (Phi) is 4.23. The van der Waals surface area contributed by atoms with Crippen molar-refractivity contribution in [1.29, 1.82) is 0 Å². The van der Waals surface area contributed by atoms with Crippen molar-refractivity contribution in [2.45, 2.75) is 46.2 Å². The molecule has 122 valence electrons. The molecule has 1 N–H and O–H groups in total. The van der Waals surface area contributed by atoms with Gasteiger partial charge in [0.05, 0.1) is 6.61 Å². The van der Waals surface area contributed by atoms with Crippen LogP contribution >= 0.6 is 0 Å². The minimum Gasteiger partial charge on any atom is -0.384 e. The molecule has 1 atom stereocenters. The Hall–Kier alpha value is -1.96. The molecule has 8 nitrogen and oxygen atoms in total. The minimum atomic E-state index is -0.955. The molecule has 1 fully saturated rings. The third-order valence-corrected chi connectivity index (χ3v) is 4.11. The summed E-state index contributed by atoms with van der Waals surface area (Å²) in [6.45, 7) is 7.89. The summed E-state index contributed by atoms with van der Waals surface area (Å²) >= 11 is 0. The summed E-state index contributed by atoms with van der Waals surface area (Å²) in [5.41, 5.74) is -1.37. The fraction of sp³-hybridized carbons (Fsp3) is 0.714. The van der Waals surface area contributed by atoms with Crippen LogP contribution < -0.4 is 5.32 Å². The summed E-state index contributed by atoms with van der Waals surface area (Å²) in [5, 5.41) is 6.55. The maximum absolute atomic E-state index is 12.6. The van der Waals surface area contributed by atoms with E-state index in [1.165, 1.54) is 0 Å². The Balaban J connectivity index is 2.12. The van der Waals surface area contributed by atoms with E-state index in [4.69, 9.17) is 9.26 Å². The van der Waals surface area contributed by atoms with Crippen LogP contribution in [0.25, 0.3) is 0 Å². The first kappa shape index (κ1) is 16.4. The molecular weight excluding hydrogens is 288 g/mol. The number of amides is 3. The van der Waals surface area contributed by atoms with Crippen LogP contribution in [0, 0.1) is 5.41 Å². The highest BCUT2D eigenvalue weighted by Crippen LogP contribution is 2.35. The van der Waals surface area contributed by atoms with Gasteiger partial charge in [0.1, 0.15) is 12.1 Å². The van der Waals surface area contributed by atoms with Gasteiger partial charge in [-0.25, -0.2) is 4.79 Å². The highest BCUT2D eigenvalue weighted by atomic mass is 16.5. The maximum Gasteiger partial charge on any atom is 0.325 e. The molecule has 0 bridgehead atoms. The van der Waals surface area contributed by atoms with Crippen molar-refractivity contribution >= 4 is 11.9 Å². The van der Waals surface area contributed by atoms with Gasteiger partial charge in [0, 0.05) is 13.5 Å². The standard InChI is InChI=1S/C14H22N4O4/c1-13(2,3)14(4)11(19)18(12(20)16-14)8-10-15-9(17-22-10)6-7-21-5/h6-8H2,1-5H3,(H,16,20). The van der Waals surface area contributed by atoms with Crippen molar-refractivity contribution in [3.8, 4) is 0 Å². The molecule has 1 aromatic heterocycles. The van der Waals surface area contributed by atoms with Crippen LogP contribution in [0.5, 0.6) is 0 Å². The van der Waals surface area contributed by atoms with Gasteiger partial charge in [-0.05, 0) is 12.3 Å². The number of nitrogens with one attached hydrogen (secondary N) is 1. The first-order chi connectivity index (χ1) is 10.2. The van der Waals surface area contributed by atoms with E-state index in [0.717, 1.165) is 4.90 Å². The monoisotopic (exact) mass is 310 g/mol. The Morgan fingerprint density at radius 1 is 1.36 bits per heavy atom. The zero-order valence-electron chi connectivity index (χ0n) is 13.6. The average molecular weight is 310 g/mol. The second kappa shape index (κ2) is 5.68. The summed E-state index contributed by atoms with van der Waals surface area (Å²) in [6, 6.07) is -0.445. The fourth-order valence-corrected chi connectivity index (χ4v) is 2.13. The number of carbonyl (C=O) groups excluding carboxylic acids is 2. The highest BCUT2D eigenvalue weighted by molar-refractivity contribution is 6.07. The topological polar surface area (TPSA) is 97.6 Å². The van der Waals surface area contributed by atoms with Gasteiger partial charge in [-0.15, -0.1) is 0 Å². The van der Waals surface area contributed by atoms with Gasteiger partial charge in [0.15, 0.2) is 5.82 Å². The molecule has 2 rings (SSSR count). The van der Waals surface area contributed by atoms with Crippen LogP contribution in [0.3, 0.4) is 0 Å². The van der Waals surface area contributed by atoms with Crippen LogP contribution in [0.4, 0.5) is 4.79 Å². The molecule has 0 radical (unpaired) electrons. The Morgan fingerprint density at radius 2 is 2.05 bits per heavy atom. The first-order valence-electron chi connectivity index (χ1n) is 7.13. The average Bonchev–Trinajstić information content (AvgIpc) is 2.95. The molecule has 0 spiro atoms. The molecule has 1 saturated heterocycles. The van der Waals surface area contributed by atoms with Crippen molar-refractivity contribution in [2.24, 2.45) is 5.41 Å². The molecule has 2 heterocycles. The Bertz CT molecular complexity index is 578. The van der Waals surface area contributed by atoms with Crippen LogP contribution in [0.2, 0.25) is 0 Å². The number of hydrogen-bond acceptors (Lipinski definition) is 6. The quantitative estimate of drug-likeness (QED) is 0.818. The van der Waals surface area contributed by atoms with E-state index >= 15 is 0 Å². The van der Waals surface area contributed by atoms with Gasteiger partial charge in [-0.3, -0.25) is 9.69 Å². The lowest BCUT2D eigenvalue weighted by Crippen LogP contribution is -2.54. The number of urea groups is 1. The summed E-state index contributed by atoms with van der Waals surface area (Å²) < 4.78 is 10.0. The maximum atomic E-state index is 12.6.